The van der Waals surface area contributed by atoms with Crippen LogP contribution in [0.1, 0.15) is 11.8 Å². The minimum absolute atomic E-state index is 0.385. The van der Waals surface area contributed by atoms with Crippen molar-refractivity contribution in [3.63, 3.8) is 0 Å². The number of benzene rings is 1. The summed E-state index contributed by atoms with van der Waals surface area (Å²) in [6.07, 6.45) is 1.02. The van der Waals surface area contributed by atoms with Crippen molar-refractivity contribution < 1.29 is 9.84 Å². The molecule has 1 heterocycles. The molecule has 0 radical (unpaired) electrons. The van der Waals surface area contributed by atoms with Gasteiger partial charge in [-0.15, -0.1) is 0 Å². The second-order valence-electron chi connectivity index (χ2n) is 3.83. The number of anilines is 1. The van der Waals surface area contributed by atoms with Crippen LogP contribution >= 0.6 is 12.2 Å². The molecule has 5 nitrogen and oxygen atoms in total. The Morgan fingerprint density at radius 3 is 3.00 bits per heavy atom. The largest absolute Gasteiger partial charge is 0.497 e. The van der Waals surface area contributed by atoms with Crippen molar-refractivity contribution in [1.82, 2.24) is 9.97 Å². The normalized spacial score (nSPS) is 12.1. The number of rotatable bonds is 5. The van der Waals surface area contributed by atoms with Gasteiger partial charge in [-0.2, -0.15) is 0 Å². The van der Waals surface area contributed by atoms with E-state index in [0.29, 0.717) is 17.0 Å². The maximum Gasteiger partial charge on any atom is 0.174 e. The van der Waals surface area contributed by atoms with Crippen LogP contribution in [0.25, 0.3) is 0 Å². The molecule has 0 spiro atoms. The average molecular weight is 265 g/mol. The first kappa shape index (κ1) is 12.7. The fourth-order valence-electron chi connectivity index (χ4n) is 1.58. The first-order valence-electron chi connectivity index (χ1n) is 5.52. The number of aliphatic hydroxyl groups excluding tert-OH is 1. The number of imidazole rings is 1. The van der Waals surface area contributed by atoms with Crippen molar-refractivity contribution in [3.8, 4) is 5.75 Å². The van der Waals surface area contributed by atoms with Crippen LogP contribution in [-0.4, -0.2) is 28.7 Å². The Hall–Kier alpha value is -1.79. The first-order chi connectivity index (χ1) is 8.69. The molecule has 6 heteroatoms. The lowest BCUT2D eigenvalue weighted by atomic mass is 10.2. The predicted octanol–water partition coefficient (Wildman–Crippen LogP) is 2.23. The Morgan fingerprint density at radius 1 is 1.50 bits per heavy atom. The highest BCUT2D eigenvalue weighted by Gasteiger charge is 2.08. The van der Waals surface area contributed by atoms with Gasteiger partial charge in [0.1, 0.15) is 11.9 Å². The van der Waals surface area contributed by atoms with Gasteiger partial charge in [-0.1, -0.05) is 6.07 Å². The highest BCUT2D eigenvalue weighted by Crippen LogP contribution is 2.18. The molecule has 1 aromatic carbocycles. The Balaban J connectivity index is 1.96. The van der Waals surface area contributed by atoms with E-state index in [2.05, 4.69) is 15.3 Å². The van der Waals surface area contributed by atoms with Crippen LogP contribution in [0.2, 0.25) is 0 Å². The molecule has 1 atom stereocenters. The molecule has 0 aliphatic carbocycles. The molecular formula is C12H15N3O2S. The zero-order valence-electron chi connectivity index (χ0n) is 9.93. The lowest BCUT2D eigenvalue weighted by molar-refractivity contribution is 0.187. The quantitative estimate of drug-likeness (QED) is 0.626. The van der Waals surface area contributed by atoms with Gasteiger partial charge in [-0.05, 0) is 24.4 Å². The Morgan fingerprint density at radius 2 is 2.33 bits per heavy atom. The summed E-state index contributed by atoms with van der Waals surface area (Å²) < 4.78 is 5.63. The number of nitrogens with one attached hydrogen (secondary N) is 3. The van der Waals surface area contributed by atoms with Crippen LogP contribution in [0.5, 0.6) is 5.75 Å². The van der Waals surface area contributed by atoms with Crippen molar-refractivity contribution in [2.45, 2.75) is 6.10 Å². The molecule has 0 saturated carbocycles. The number of aromatic nitrogens is 2. The summed E-state index contributed by atoms with van der Waals surface area (Å²) in [7, 11) is 1.62. The van der Waals surface area contributed by atoms with Gasteiger partial charge >= 0.3 is 0 Å². The summed E-state index contributed by atoms with van der Waals surface area (Å²) in [5, 5.41) is 13.1. The predicted molar refractivity (Wildman–Crippen MR) is 72.4 cm³/mol. The van der Waals surface area contributed by atoms with Gasteiger partial charge in [0.2, 0.25) is 0 Å². The van der Waals surface area contributed by atoms with Crippen LogP contribution in [0.3, 0.4) is 0 Å². The second kappa shape index (κ2) is 5.70. The van der Waals surface area contributed by atoms with Crippen LogP contribution in [0.15, 0.2) is 30.5 Å². The minimum atomic E-state index is -0.649. The van der Waals surface area contributed by atoms with Gasteiger partial charge in [0.25, 0.3) is 0 Å². The number of aliphatic hydroxyl groups is 1. The Kier molecular flexibility index (Phi) is 4.01. The van der Waals surface area contributed by atoms with E-state index < -0.39 is 6.10 Å². The fraction of sp³-hybridized carbons (Fsp3) is 0.250. The maximum absolute atomic E-state index is 9.93. The van der Waals surface area contributed by atoms with E-state index in [1.54, 1.807) is 13.3 Å². The zero-order valence-corrected chi connectivity index (χ0v) is 10.8. The lowest BCUT2D eigenvalue weighted by Gasteiger charge is -2.11. The molecule has 0 bridgehead atoms. The summed E-state index contributed by atoms with van der Waals surface area (Å²) in [5.74, 6) is 0.774. The highest BCUT2D eigenvalue weighted by molar-refractivity contribution is 7.71. The summed E-state index contributed by atoms with van der Waals surface area (Å²) in [6.45, 7) is 0.385. The molecule has 0 amide bonds. The van der Waals surface area contributed by atoms with Gasteiger partial charge in [0.15, 0.2) is 4.77 Å². The summed E-state index contributed by atoms with van der Waals surface area (Å²) in [6, 6.07) is 7.53. The van der Waals surface area contributed by atoms with Gasteiger partial charge in [0, 0.05) is 24.5 Å². The third kappa shape index (κ3) is 3.12. The van der Waals surface area contributed by atoms with Crippen LogP contribution in [0, 0.1) is 4.77 Å². The maximum atomic E-state index is 9.93. The van der Waals surface area contributed by atoms with E-state index in [1.807, 2.05) is 24.3 Å². The van der Waals surface area contributed by atoms with E-state index in [4.69, 9.17) is 17.0 Å². The van der Waals surface area contributed by atoms with E-state index in [0.717, 1.165) is 11.4 Å². The molecule has 96 valence electrons. The van der Waals surface area contributed by atoms with Gasteiger partial charge in [-0.3, -0.25) is 0 Å². The zero-order chi connectivity index (χ0) is 13.0. The summed E-state index contributed by atoms with van der Waals surface area (Å²) in [5.41, 5.74) is 1.55. The van der Waals surface area contributed by atoms with Gasteiger partial charge in [0.05, 0.1) is 12.8 Å². The first-order valence-corrected chi connectivity index (χ1v) is 5.93. The van der Waals surface area contributed by atoms with Crippen molar-refractivity contribution in [1.29, 1.82) is 0 Å². The number of aromatic amines is 2. The van der Waals surface area contributed by atoms with Crippen molar-refractivity contribution in [3.05, 3.63) is 40.9 Å². The number of hydrogen-bond acceptors (Lipinski definition) is 4. The van der Waals surface area contributed by atoms with Gasteiger partial charge in [-0.25, -0.2) is 0 Å². The van der Waals surface area contributed by atoms with E-state index in [1.165, 1.54) is 0 Å². The molecule has 18 heavy (non-hydrogen) atoms. The number of ether oxygens (including phenoxy) is 1. The van der Waals surface area contributed by atoms with Crippen molar-refractivity contribution in [2.24, 2.45) is 0 Å². The standard InChI is InChI=1S/C12H15N3O2S/c1-17-9-4-2-3-8(5-9)13-7-11(16)10-6-14-12(18)15-10/h2-6,11,13,16H,7H2,1H3,(H2,14,15,18). The molecule has 1 unspecified atom stereocenters. The van der Waals surface area contributed by atoms with E-state index >= 15 is 0 Å². The Bertz CT molecular complexity index is 564. The van der Waals surface area contributed by atoms with Gasteiger partial charge < -0.3 is 25.1 Å². The molecule has 0 aliphatic rings. The molecular weight excluding hydrogens is 250 g/mol. The monoisotopic (exact) mass is 265 g/mol. The third-order valence-electron chi connectivity index (χ3n) is 2.54. The van der Waals surface area contributed by atoms with E-state index in [9.17, 15) is 5.11 Å². The smallest absolute Gasteiger partial charge is 0.174 e. The number of H-pyrrole nitrogens is 2. The molecule has 0 saturated heterocycles. The third-order valence-corrected chi connectivity index (χ3v) is 2.76. The lowest BCUT2D eigenvalue weighted by Crippen LogP contribution is -2.12. The molecule has 4 N–H and O–H groups in total. The molecule has 0 fully saturated rings. The van der Waals surface area contributed by atoms with Crippen molar-refractivity contribution in [2.75, 3.05) is 19.0 Å². The average Bonchev–Trinajstić information content (AvgIpc) is 2.83. The molecule has 2 aromatic rings. The summed E-state index contributed by atoms with van der Waals surface area (Å²) in [4.78, 5) is 5.70. The fourth-order valence-corrected chi connectivity index (χ4v) is 1.76. The van der Waals surface area contributed by atoms with Crippen molar-refractivity contribution >= 4 is 17.9 Å². The second-order valence-corrected chi connectivity index (χ2v) is 4.24. The molecule has 1 aromatic heterocycles. The molecule has 2 rings (SSSR count). The number of hydrogen-bond donors (Lipinski definition) is 4. The van der Waals surface area contributed by atoms with Crippen LogP contribution < -0.4 is 10.1 Å². The SMILES string of the molecule is COc1cccc(NCC(O)c2c[nH]c(=S)[nH]2)c1. The highest BCUT2D eigenvalue weighted by atomic mass is 32.1. The van der Waals surface area contributed by atoms with Crippen LogP contribution in [0.4, 0.5) is 5.69 Å². The summed E-state index contributed by atoms with van der Waals surface area (Å²) >= 11 is 4.90. The minimum Gasteiger partial charge on any atom is -0.497 e. The molecule has 0 aliphatic heterocycles. The van der Waals surface area contributed by atoms with E-state index in [-0.39, 0.29) is 0 Å². The number of methoxy groups -OCH3 is 1. The Labute approximate surface area is 110 Å². The topological polar surface area (TPSA) is 73.1 Å². The van der Waals surface area contributed by atoms with Crippen LogP contribution in [-0.2, 0) is 0 Å².